The van der Waals surface area contributed by atoms with Crippen LogP contribution in [0.5, 0.6) is 0 Å². The van der Waals surface area contributed by atoms with Gasteiger partial charge < -0.3 is 19.3 Å². The zero-order chi connectivity index (χ0) is 17.6. The summed E-state index contributed by atoms with van der Waals surface area (Å²) in [5, 5.41) is 14.4. The molecular weight excluding hydrogens is 364 g/mol. The Morgan fingerprint density at radius 2 is 2.12 bits per heavy atom. The van der Waals surface area contributed by atoms with Gasteiger partial charge in [0.25, 0.3) is 0 Å². The molecular formula is C16H17ClN4O3S. The summed E-state index contributed by atoms with van der Waals surface area (Å²) < 4.78 is 11.3. The van der Waals surface area contributed by atoms with Crippen LogP contribution in [0.1, 0.15) is 19.5 Å². The molecule has 1 fully saturated rings. The van der Waals surface area contributed by atoms with Crippen LogP contribution in [0.15, 0.2) is 16.2 Å². The average Bonchev–Trinajstić information content (AvgIpc) is 3.22. The van der Waals surface area contributed by atoms with Gasteiger partial charge in [-0.05, 0) is 13.8 Å². The fraction of sp³-hybridized carbons (Fsp3) is 0.438. The summed E-state index contributed by atoms with van der Waals surface area (Å²) >= 11 is 8.09. The van der Waals surface area contributed by atoms with Gasteiger partial charge in [0.1, 0.15) is 10.5 Å². The zero-order valence-electron chi connectivity index (χ0n) is 13.8. The Morgan fingerprint density at radius 1 is 1.36 bits per heavy atom. The second-order valence-electron chi connectivity index (χ2n) is 6.12. The Labute approximate surface area is 153 Å². The number of fused-ring (bicyclic) bond motifs is 1. The Morgan fingerprint density at radius 3 is 2.76 bits per heavy atom. The minimum Gasteiger partial charge on any atom is -0.390 e. The molecule has 1 aliphatic heterocycles. The minimum atomic E-state index is -0.224. The smallest absolute Gasteiger partial charge is 0.206 e. The number of aliphatic hydroxyl groups excluding tert-OH is 1. The third kappa shape index (κ3) is 2.89. The van der Waals surface area contributed by atoms with Gasteiger partial charge in [0.15, 0.2) is 5.69 Å². The molecule has 25 heavy (non-hydrogen) atoms. The van der Waals surface area contributed by atoms with Crippen LogP contribution < -0.4 is 4.90 Å². The van der Waals surface area contributed by atoms with E-state index in [4.69, 9.17) is 20.9 Å². The first-order valence-electron chi connectivity index (χ1n) is 7.96. The lowest BCUT2D eigenvalue weighted by molar-refractivity contribution is -0.00533. The van der Waals surface area contributed by atoms with Gasteiger partial charge in [-0.15, -0.1) is 11.3 Å². The number of hydrogen-bond acceptors (Lipinski definition) is 8. The van der Waals surface area contributed by atoms with Crippen LogP contribution in [-0.4, -0.2) is 45.5 Å². The Kier molecular flexibility index (Phi) is 4.36. The lowest BCUT2D eigenvalue weighted by Gasteiger charge is -2.37. The van der Waals surface area contributed by atoms with Crippen LogP contribution >= 0.6 is 22.9 Å². The molecule has 0 radical (unpaired) electrons. The van der Waals surface area contributed by atoms with Crippen molar-refractivity contribution in [2.75, 3.05) is 18.0 Å². The predicted octanol–water partition coefficient (Wildman–Crippen LogP) is 3.11. The number of thiazole rings is 1. The second kappa shape index (κ2) is 6.53. The number of pyridine rings is 1. The fourth-order valence-electron chi connectivity index (χ4n) is 3.24. The molecule has 0 bridgehead atoms. The van der Waals surface area contributed by atoms with Gasteiger partial charge in [-0.1, -0.05) is 16.8 Å². The quantitative estimate of drug-likeness (QED) is 0.747. The molecule has 3 aromatic heterocycles. The molecule has 0 spiro atoms. The molecule has 9 heteroatoms. The average molecular weight is 381 g/mol. The van der Waals surface area contributed by atoms with Crippen LogP contribution in [0, 0.1) is 0 Å². The van der Waals surface area contributed by atoms with E-state index >= 15 is 0 Å². The van der Waals surface area contributed by atoms with Crippen molar-refractivity contribution < 1.29 is 14.4 Å². The zero-order valence-corrected chi connectivity index (χ0v) is 15.3. The molecule has 0 saturated carbocycles. The van der Waals surface area contributed by atoms with Crippen molar-refractivity contribution in [1.29, 1.82) is 0 Å². The number of halogens is 1. The predicted molar refractivity (Wildman–Crippen MR) is 96.1 cm³/mol. The van der Waals surface area contributed by atoms with E-state index in [-0.39, 0.29) is 18.8 Å². The Hall–Kier alpha value is -1.74. The minimum absolute atomic E-state index is 0.0598. The lowest BCUT2D eigenvalue weighted by Crippen LogP contribution is -2.46. The molecule has 0 aromatic carbocycles. The number of anilines is 1. The first kappa shape index (κ1) is 16.7. The van der Waals surface area contributed by atoms with E-state index in [2.05, 4.69) is 20.0 Å². The molecule has 7 nitrogen and oxygen atoms in total. The van der Waals surface area contributed by atoms with Gasteiger partial charge in [0.05, 0.1) is 40.6 Å². The van der Waals surface area contributed by atoms with E-state index in [9.17, 15) is 5.11 Å². The molecule has 2 atom stereocenters. The van der Waals surface area contributed by atoms with Crippen molar-refractivity contribution in [1.82, 2.24) is 15.1 Å². The van der Waals surface area contributed by atoms with E-state index in [1.165, 1.54) is 11.3 Å². The second-order valence-corrected chi connectivity index (χ2v) is 7.38. The molecule has 3 aromatic rings. The molecule has 132 valence electrons. The highest BCUT2D eigenvalue weighted by Gasteiger charge is 2.29. The molecule has 1 aliphatic rings. The summed E-state index contributed by atoms with van der Waals surface area (Å²) in [6.45, 7) is 5.13. The maximum Gasteiger partial charge on any atom is 0.206 e. The standard InChI is InChI=1S/C16H17ClN4O3S/c1-8-4-21(5-9(2)23-8)15-10(6-22)19-14-13(11-3-18-7-25-11)20-24-16(14)12(15)17/h3,7-9,22H,4-6H2,1-2H3/t8-,9+. The molecule has 4 heterocycles. The summed E-state index contributed by atoms with van der Waals surface area (Å²) in [4.78, 5) is 11.6. The van der Waals surface area contributed by atoms with Gasteiger partial charge >= 0.3 is 0 Å². The number of morpholine rings is 1. The third-order valence-electron chi connectivity index (χ3n) is 4.15. The molecule has 4 rings (SSSR count). The highest BCUT2D eigenvalue weighted by molar-refractivity contribution is 7.13. The molecule has 1 N–H and O–H groups in total. The summed E-state index contributed by atoms with van der Waals surface area (Å²) in [5.74, 6) is 0. The largest absolute Gasteiger partial charge is 0.390 e. The first-order valence-corrected chi connectivity index (χ1v) is 9.22. The number of aliphatic hydroxyl groups is 1. The van der Waals surface area contributed by atoms with Gasteiger partial charge in [-0.2, -0.15) is 0 Å². The summed E-state index contributed by atoms with van der Waals surface area (Å²) in [7, 11) is 0. The molecule has 1 saturated heterocycles. The van der Waals surface area contributed by atoms with Gasteiger partial charge in [-0.25, -0.2) is 4.98 Å². The maximum atomic E-state index is 9.88. The van der Waals surface area contributed by atoms with Gasteiger partial charge in [-0.3, -0.25) is 4.98 Å². The van der Waals surface area contributed by atoms with Crippen molar-refractivity contribution in [3.05, 3.63) is 22.4 Å². The van der Waals surface area contributed by atoms with Crippen molar-refractivity contribution >= 4 is 39.7 Å². The summed E-state index contributed by atoms with van der Waals surface area (Å²) in [6.07, 6.45) is 1.82. The van der Waals surface area contributed by atoms with Crippen LogP contribution in [0.2, 0.25) is 5.02 Å². The number of hydrogen-bond donors (Lipinski definition) is 1. The van der Waals surface area contributed by atoms with Gasteiger partial charge in [0.2, 0.25) is 5.58 Å². The Bertz CT molecular complexity index is 889. The van der Waals surface area contributed by atoms with Crippen LogP contribution in [0.4, 0.5) is 5.69 Å². The third-order valence-corrected chi connectivity index (χ3v) is 5.28. The maximum absolute atomic E-state index is 9.88. The van der Waals surface area contributed by atoms with Crippen LogP contribution in [0.3, 0.4) is 0 Å². The van der Waals surface area contributed by atoms with Crippen molar-refractivity contribution in [3.8, 4) is 10.6 Å². The van der Waals surface area contributed by atoms with Gasteiger partial charge in [0, 0.05) is 19.3 Å². The van der Waals surface area contributed by atoms with E-state index in [1.54, 1.807) is 11.7 Å². The van der Waals surface area contributed by atoms with Crippen LogP contribution in [-0.2, 0) is 11.3 Å². The van der Waals surface area contributed by atoms with E-state index in [1.807, 2.05) is 13.8 Å². The van der Waals surface area contributed by atoms with Crippen LogP contribution in [0.25, 0.3) is 21.7 Å². The highest BCUT2D eigenvalue weighted by Crippen LogP contribution is 2.40. The summed E-state index contributed by atoms with van der Waals surface area (Å²) in [6, 6.07) is 0. The van der Waals surface area contributed by atoms with Crippen molar-refractivity contribution in [2.45, 2.75) is 32.7 Å². The summed E-state index contributed by atoms with van der Waals surface area (Å²) in [5.41, 5.74) is 4.46. The molecule has 0 aliphatic carbocycles. The number of aromatic nitrogens is 3. The lowest BCUT2D eigenvalue weighted by atomic mass is 10.1. The van der Waals surface area contributed by atoms with Crippen molar-refractivity contribution in [2.24, 2.45) is 0 Å². The number of rotatable bonds is 3. The van der Waals surface area contributed by atoms with E-state index < -0.39 is 0 Å². The topological polar surface area (TPSA) is 84.5 Å². The van der Waals surface area contributed by atoms with Crippen molar-refractivity contribution in [3.63, 3.8) is 0 Å². The van der Waals surface area contributed by atoms with E-state index in [0.29, 0.717) is 46.3 Å². The highest BCUT2D eigenvalue weighted by atomic mass is 35.5. The molecule has 0 unspecified atom stereocenters. The number of nitrogens with zero attached hydrogens (tertiary/aromatic N) is 4. The normalized spacial score (nSPS) is 21.2. The van der Waals surface area contributed by atoms with E-state index in [0.717, 1.165) is 4.88 Å². The first-order chi connectivity index (χ1) is 12.1. The monoisotopic (exact) mass is 380 g/mol. The molecule has 0 amide bonds. The fourth-order valence-corrected chi connectivity index (χ4v) is 4.20. The Balaban J connectivity index is 1.87. The SMILES string of the molecule is C[C@@H]1CN(c2c(CO)nc3c(-c4cncs4)noc3c2Cl)C[C@H](C)O1. The number of ether oxygens (including phenoxy) is 1.